The first-order valence-electron chi connectivity index (χ1n) is 5.38. The van der Waals surface area contributed by atoms with Crippen LogP contribution < -0.4 is 5.73 Å². The van der Waals surface area contributed by atoms with Crippen LogP contribution >= 0.6 is 22.9 Å². The molecule has 0 amide bonds. The minimum Gasteiger partial charge on any atom is -0.389 e. The highest BCUT2D eigenvalue weighted by Crippen LogP contribution is 2.43. The van der Waals surface area contributed by atoms with Crippen molar-refractivity contribution in [3.8, 4) is 6.07 Å². The zero-order chi connectivity index (χ0) is 13.7. The zero-order valence-corrected chi connectivity index (χ0v) is 11.8. The van der Waals surface area contributed by atoms with Gasteiger partial charge in [0.15, 0.2) is 5.82 Å². The van der Waals surface area contributed by atoms with Gasteiger partial charge in [0.2, 0.25) is 0 Å². The maximum atomic E-state index is 14.0. The second-order valence-corrected chi connectivity index (χ2v) is 6.59. The molecule has 0 bridgehead atoms. The molecule has 0 aliphatic heterocycles. The van der Waals surface area contributed by atoms with E-state index >= 15 is 0 Å². The van der Waals surface area contributed by atoms with E-state index in [0.717, 1.165) is 16.9 Å². The van der Waals surface area contributed by atoms with Crippen molar-refractivity contribution >= 4 is 38.0 Å². The molecule has 2 nitrogen and oxygen atoms in total. The van der Waals surface area contributed by atoms with E-state index in [1.54, 1.807) is 6.07 Å². The number of rotatable bonds is 0. The normalized spacial score (nSPS) is 11.8. The van der Waals surface area contributed by atoms with E-state index < -0.39 is 5.82 Å². The average Bonchev–Trinajstić information content (AvgIpc) is 2.58. The van der Waals surface area contributed by atoms with Gasteiger partial charge in [-0.2, -0.15) is 5.26 Å². The summed E-state index contributed by atoms with van der Waals surface area (Å²) < 4.78 is 14.4. The van der Waals surface area contributed by atoms with Crippen molar-refractivity contribution in [2.24, 2.45) is 0 Å². The maximum absolute atomic E-state index is 14.0. The number of fused-ring (bicyclic) bond motifs is 1. The van der Waals surface area contributed by atoms with Crippen LogP contribution in [0.25, 0.3) is 10.1 Å². The molecule has 18 heavy (non-hydrogen) atoms. The van der Waals surface area contributed by atoms with Crippen molar-refractivity contribution in [1.29, 1.82) is 5.26 Å². The number of nitriles is 1. The quantitative estimate of drug-likeness (QED) is 0.776. The second-order valence-electron chi connectivity index (χ2n) is 5.13. The standard InChI is InChI=1S/C13H12ClFN2S/c1-13(2,3)7-4-8(14)10(15)11-9(7)6(5-16)12(17)18-11/h4H,17H2,1-3H3. The summed E-state index contributed by atoms with van der Waals surface area (Å²) >= 11 is 6.98. The van der Waals surface area contributed by atoms with Crippen LogP contribution in [0.1, 0.15) is 31.9 Å². The number of hydrogen-bond donors (Lipinski definition) is 1. The summed E-state index contributed by atoms with van der Waals surface area (Å²) in [6, 6.07) is 3.64. The number of benzene rings is 1. The number of nitrogens with two attached hydrogens (primary N) is 1. The van der Waals surface area contributed by atoms with Crippen LogP contribution in [0.5, 0.6) is 0 Å². The highest BCUT2D eigenvalue weighted by molar-refractivity contribution is 7.23. The molecule has 0 aliphatic carbocycles. The van der Waals surface area contributed by atoms with Crippen LogP contribution in [0, 0.1) is 17.1 Å². The Balaban J connectivity index is 3.04. The number of anilines is 1. The molecule has 2 N–H and O–H groups in total. The Morgan fingerprint density at radius 2 is 2.06 bits per heavy atom. The summed E-state index contributed by atoms with van der Waals surface area (Å²) in [6.45, 7) is 5.97. The fourth-order valence-electron chi connectivity index (χ4n) is 1.93. The van der Waals surface area contributed by atoms with E-state index in [-0.39, 0.29) is 10.4 Å². The molecule has 0 radical (unpaired) electrons. The van der Waals surface area contributed by atoms with E-state index in [9.17, 15) is 9.65 Å². The van der Waals surface area contributed by atoms with Gasteiger partial charge < -0.3 is 5.73 Å². The topological polar surface area (TPSA) is 49.8 Å². The van der Waals surface area contributed by atoms with Gasteiger partial charge in [0.25, 0.3) is 0 Å². The lowest BCUT2D eigenvalue weighted by Gasteiger charge is -2.21. The van der Waals surface area contributed by atoms with Crippen molar-refractivity contribution in [2.45, 2.75) is 26.2 Å². The summed E-state index contributed by atoms with van der Waals surface area (Å²) in [5.74, 6) is -0.502. The van der Waals surface area contributed by atoms with Gasteiger partial charge in [-0.15, -0.1) is 11.3 Å². The van der Waals surface area contributed by atoms with Crippen molar-refractivity contribution in [1.82, 2.24) is 0 Å². The first-order valence-corrected chi connectivity index (χ1v) is 6.57. The van der Waals surface area contributed by atoms with Crippen LogP contribution in [0.15, 0.2) is 6.07 Å². The number of halogens is 2. The minimum absolute atomic E-state index is 0.0677. The molecule has 0 atom stereocenters. The van der Waals surface area contributed by atoms with Crippen molar-refractivity contribution in [3.05, 3.63) is 28.0 Å². The molecule has 5 heteroatoms. The molecule has 1 heterocycles. The van der Waals surface area contributed by atoms with E-state index in [1.807, 2.05) is 20.8 Å². The van der Waals surface area contributed by atoms with Crippen LogP contribution in [-0.2, 0) is 5.41 Å². The molecule has 0 spiro atoms. The van der Waals surface area contributed by atoms with Crippen molar-refractivity contribution in [2.75, 3.05) is 5.73 Å². The highest BCUT2D eigenvalue weighted by atomic mass is 35.5. The van der Waals surface area contributed by atoms with Crippen LogP contribution in [0.4, 0.5) is 9.39 Å². The largest absolute Gasteiger partial charge is 0.389 e. The smallest absolute Gasteiger partial charge is 0.159 e. The predicted octanol–water partition coefficient (Wildman–Crippen LogP) is 4.45. The number of thiophene rings is 1. The first kappa shape index (κ1) is 13.1. The van der Waals surface area contributed by atoms with Crippen LogP contribution in [0.2, 0.25) is 5.02 Å². The zero-order valence-electron chi connectivity index (χ0n) is 10.3. The third-order valence-electron chi connectivity index (χ3n) is 2.80. The third kappa shape index (κ3) is 1.84. The molecule has 0 fully saturated rings. The Morgan fingerprint density at radius 1 is 1.44 bits per heavy atom. The fraction of sp³-hybridized carbons (Fsp3) is 0.308. The van der Waals surface area contributed by atoms with Gasteiger partial charge in [-0.3, -0.25) is 0 Å². The second kappa shape index (κ2) is 4.11. The SMILES string of the molecule is CC(C)(C)c1cc(Cl)c(F)c2sc(N)c(C#N)c12. The maximum Gasteiger partial charge on any atom is 0.159 e. The van der Waals surface area contributed by atoms with E-state index in [0.29, 0.717) is 20.7 Å². The van der Waals surface area contributed by atoms with Gasteiger partial charge in [-0.05, 0) is 17.0 Å². The molecular weight excluding hydrogens is 271 g/mol. The van der Waals surface area contributed by atoms with Crippen molar-refractivity contribution in [3.63, 3.8) is 0 Å². The summed E-state index contributed by atoms with van der Waals surface area (Å²) in [4.78, 5) is 0. The van der Waals surface area contributed by atoms with Gasteiger partial charge in [0.1, 0.15) is 11.1 Å². The fourth-order valence-corrected chi connectivity index (χ4v) is 3.18. The van der Waals surface area contributed by atoms with Gasteiger partial charge in [-0.25, -0.2) is 4.39 Å². The van der Waals surface area contributed by atoms with Gasteiger partial charge in [0, 0.05) is 5.39 Å². The number of nitrogens with zero attached hydrogens (tertiary/aromatic N) is 1. The Hall–Kier alpha value is -1.31. The molecule has 1 aromatic heterocycles. The number of hydrogen-bond acceptors (Lipinski definition) is 3. The lowest BCUT2D eigenvalue weighted by atomic mass is 9.84. The molecular formula is C13H12ClFN2S. The lowest BCUT2D eigenvalue weighted by Crippen LogP contribution is -2.12. The Kier molecular flexibility index (Phi) is 3.00. The van der Waals surface area contributed by atoms with Gasteiger partial charge >= 0.3 is 0 Å². The summed E-state index contributed by atoms with van der Waals surface area (Å²) in [5, 5.41) is 10.2. The molecule has 0 aliphatic rings. The lowest BCUT2D eigenvalue weighted by molar-refractivity contribution is 0.592. The van der Waals surface area contributed by atoms with E-state index in [2.05, 4.69) is 6.07 Å². The van der Waals surface area contributed by atoms with Gasteiger partial charge in [-0.1, -0.05) is 32.4 Å². The molecule has 0 saturated carbocycles. The van der Waals surface area contributed by atoms with Crippen LogP contribution in [0.3, 0.4) is 0 Å². The molecule has 0 saturated heterocycles. The third-order valence-corrected chi connectivity index (χ3v) is 4.09. The molecule has 0 unspecified atom stereocenters. The molecule has 1 aromatic carbocycles. The Labute approximate surface area is 114 Å². The Bertz CT molecular complexity index is 677. The molecule has 94 valence electrons. The first-order chi connectivity index (χ1) is 8.27. The number of nitrogen functional groups attached to an aromatic ring is 1. The minimum atomic E-state index is -0.502. The summed E-state index contributed by atoms with van der Waals surface area (Å²) in [6.07, 6.45) is 0. The average molecular weight is 283 g/mol. The van der Waals surface area contributed by atoms with Crippen LogP contribution in [-0.4, -0.2) is 0 Å². The molecule has 2 rings (SSSR count). The van der Waals surface area contributed by atoms with E-state index in [4.69, 9.17) is 17.3 Å². The van der Waals surface area contributed by atoms with Gasteiger partial charge in [0.05, 0.1) is 15.3 Å². The monoisotopic (exact) mass is 282 g/mol. The summed E-state index contributed by atoms with van der Waals surface area (Å²) in [7, 11) is 0. The van der Waals surface area contributed by atoms with Crippen molar-refractivity contribution < 1.29 is 4.39 Å². The highest BCUT2D eigenvalue weighted by Gasteiger charge is 2.25. The summed E-state index contributed by atoms with van der Waals surface area (Å²) in [5.41, 5.74) is 6.72. The Morgan fingerprint density at radius 3 is 2.56 bits per heavy atom. The molecule has 2 aromatic rings. The predicted molar refractivity (Wildman–Crippen MR) is 74.6 cm³/mol. The van der Waals surface area contributed by atoms with E-state index in [1.165, 1.54) is 0 Å².